The number of carboxylic acid groups (broad SMARTS) is 1. The second kappa shape index (κ2) is 11.0. The maximum absolute atomic E-state index is 10.7. The van der Waals surface area contributed by atoms with Crippen molar-refractivity contribution in [2.24, 2.45) is 0 Å². The second-order valence-corrected chi connectivity index (χ2v) is 8.69. The molecule has 1 aromatic heterocycles. The van der Waals surface area contributed by atoms with Gasteiger partial charge in [-0.25, -0.2) is 9.78 Å². The molecule has 0 saturated carbocycles. The van der Waals surface area contributed by atoms with Crippen LogP contribution in [0.5, 0.6) is 17.2 Å². The summed E-state index contributed by atoms with van der Waals surface area (Å²) in [6.45, 7) is 5.88. The molecule has 186 valence electrons. The predicted octanol–water partition coefficient (Wildman–Crippen LogP) is 6.49. The zero-order valence-electron chi connectivity index (χ0n) is 20.8. The van der Waals surface area contributed by atoms with E-state index in [2.05, 4.69) is 26.0 Å². The Morgan fingerprint density at radius 1 is 0.944 bits per heavy atom. The van der Waals surface area contributed by atoms with Crippen LogP contribution in [0.1, 0.15) is 36.8 Å². The van der Waals surface area contributed by atoms with E-state index in [-0.39, 0.29) is 6.61 Å². The maximum atomic E-state index is 10.7. The van der Waals surface area contributed by atoms with Gasteiger partial charge in [0.2, 0.25) is 5.89 Å². The molecule has 1 heterocycles. The third-order valence-corrected chi connectivity index (χ3v) is 5.73. The summed E-state index contributed by atoms with van der Waals surface area (Å²) < 4.78 is 22.7. The fourth-order valence-corrected chi connectivity index (χ4v) is 3.74. The Kier molecular flexibility index (Phi) is 7.59. The van der Waals surface area contributed by atoms with E-state index in [1.54, 1.807) is 25.3 Å². The zero-order chi connectivity index (χ0) is 25.7. The lowest BCUT2D eigenvalue weighted by molar-refractivity contribution is -0.139. The quantitative estimate of drug-likeness (QED) is 0.273. The molecule has 0 aliphatic carbocycles. The van der Waals surface area contributed by atoms with Crippen molar-refractivity contribution in [1.29, 1.82) is 0 Å². The molecule has 0 fully saturated rings. The number of rotatable bonds is 10. The first kappa shape index (κ1) is 24.9. The van der Waals surface area contributed by atoms with Crippen LogP contribution < -0.4 is 14.2 Å². The van der Waals surface area contributed by atoms with Crippen molar-refractivity contribution in [3.05, 3.63) is 83.7 Å². The third kappa shape index (κ3) is 5.86. The number of benzene rings is 3. The van der Waals surface area contributed by atoms with E-state index < -0.39 is 12.6 Å². The van der Waals surface area contributed by atoms with Crippen molar-refractivity contribution in [3.8, 4) is 39.8 Å². The van der Waals surface area contributed by atoms with E-state index in [1.807, 2.05) is 43.3 Å². The van der Waals surface area contributed by atoms with E-state index >= 15 is 0 Å². The van der Waals surface area contributed by atoms with Crippen LogP contribution in [0.25, 0.3) is 22.6 Å². The number of carbonyl (C=O) groups is 1. The molecule has 0 aliphatic heterocycles. The first-order chi connectivity index (χ1) is 17.3. The van der Waals surface area contributed by atoms with Crippen molar-refractivity contribution in [2.45, 2.75) is 33.3 Å². The molecular weight excluding hydrogens is 458 g/mol. The Morgan fingerprint density at radius 2 is 1.61 bits per heavy atom. The van der Waals surface area contributed by atoms with Gasteiger partial charge in [0.15, 0.2) is 19.0 Å². The molecule has 0 aliphatic rings. The SMILES string of the molecule is COc1ccc(-c2nc(COc3ccc(OCC(=O)O)c(C)c3)oc2-c2ccc(C(C)C)cc2)cc1. The molecule has 7 heteroatoms. The third-order valence-electron chi connectivity index (χ3n) is 5.73. The number of carboxylic acids is 1. The molecule has 0 bridgehead atoms. The van der Waals surface area contributed by atoms with Gasteiger partial charge in [-0.1, -0.05) is 38.1 Å². The molecule has 1 N–H and O–H groups in total. The maximum Gasteiger partial charge on any atom is 0.341 e. The fraction of sp³-hybridized carbons (Fsp3) is 0.241. The predicted molar refractivity (Wildman–Crippen MR) is 137 cm³/mol. The molecule has 7 nitrogen and oxygen atoms in total. The highest BCUT2D eigenvalue weighted by atomic mass is 16.5. The lowest BCUT2D eigenvalue weighted by atomic mass is 9.99. The number of aryl methyl sites for hydroxylation is 1. The number of ether oxygens (including phenoxy) is 3. The molecule has 0 radical (unpaired) electrons. The molecular formula is C29H29NO6. The Balaban J connectivity index is 1.59. The summed E-state index contributed by atoms with van der Waals surface area (Å²) in [5.41, 5.74) is 4.58. The minimum atomic E-state index is -1.03. The highest BCUT2D eigenvalue weighted by Crippen LogP contribution is 2.35. The molecule has 0 saturated heterocycles. The summed E-state index contributed by atoms with van der Waals surface area (Å²) in [6, 6.07) is 21.2. The molecule has 36 heavy (non-hydrogen) atoms. The Hall–Kier alpha value is -4.26. The van der Waals surface area contributed by atoms with Gasteiger partial charge < -0.3 is 23.7 Å². The highest BCUT2D eigenvalue weighted by molar-refractivity contribution is 5.77. The minimum absolute atomic E-state index is 0.127. The summed E-state index contributed by atoms with van der Waals surface area (Å²) in [6.07, 6.45) is 0. The molecule has 0 spiro atoms. The number of aromatic nitrogens is 1. The molecule has 3 aromatic carbocycles. The van der Waals surface area contributed by atoms with Gasteiger partial charge >= 0.3 is 5.97 Å². The summed E-state index contributed by atoms with van der Waals surface area (Å²) in [5.74, 6) is 2.37. The second-order valence-electron chi connectivity index (χ2n) is 8.69. The number of methoxy groups -OCH3 is 1. The molecule has 4 aromatic rings. The van der Waals surface area contributed by atoms with Crippen molar-refractivity contribution in [3.63, 3.8) is 0 Å². The lowest BCUT2D eigenvalue weighted by Crippen LogP contribution is -2.10. The van der Waals surface area contributed by atoms with Gasteiger partial charge in [-0.05, 0) is 66.4 Å². The van der Waals surface area contributed by atoms with Gasteiger partial charge in [-0.2, -0.15) is 0 Å². The van der Waals surface area contributed by atoms with Crippen LogP contribution >= 0.6 is 0 Å². The number of oxazole rings is 1. The van der Waals surface area contributed by atoms with Crippen molar-refractivity contribution < 1.29 is 28.5 Å². The lowest BCUT2D eigenvalue weighted by Gasteiger charge is -2.09. The molecule has 0 amide bonds. The number of hydrogen-bond donors (Lipinski definition) is 1. The van der Waals surface area contributed by atoms with E-state index in [0.29, 0.717) is 29.1 Å². The molecule has 0 atom stereocenters. The number of nitrogens with zero attached hydrogens (tertiary/aromatic N) is 1. The average Bonchev–Trinajstić information content (AvgIpc) is 3.31. The smallest absolute Gasteiger partial charge is 0.341 e. The standard InChI is InChI=1S/C29H29NO6/c1-18(2)20-5-7-22(8-6-20)29-28(21-9-11-23(33-4)12-10-21)30-26(36-29)16-34-24-13-14-25(19(3)15-24)35-17-27(31)32/h5-15,18H,16-17H2,1-4H3,(H,31,32). The highest BCUT2D eigenvalue weighted by Gasteiger charge is 2.18. The van der Waals surface area contributed by atoms with Gasteiger partial charge in [-0.3, -0.25) is 0 Å². The first-order valence-corrected chi connectivity index (χ1v) is 11.7. The summed E-state index contributed by atoms with van der Waals surface area (Å²) >= 11 is 0. The average molecular weight is 488 g/mol. The van der Waals surface area contributed by atoms with Crippen molar-refractivity contribution >= 4 is 5.97 Å². The number of aliphatic carboxylic acids is 1. The van der Waals surface area contributed by atoms with E-state index in [4.69, 9.17) is 28.7 Å². The van der Waals surface area contributed by atoms with Gasteiger partial charge in [0.05, 0.1) is 7.11 Å². The van der Waals surface area contributed by atoms with Crippen LogP contribution in [-0.2, 0) is 11.4 Å². The van der Waals surface area contributed by atoms with Gasteiger partial charge in [0.1, 0.15) is 22.9 Å². The topological polar surface area (TPSA) is 91.0 Å². The van der Waals surface area contributed by atoms with E-state index in [0.717, 1.165) is 28.1 Å². The summed E-state index contributed by atoms with van der Waals surface area (Å²) in [4.78, 5) is 15.5. The normalized spacial score (nSPS) is 10.9. The van der Waals surface area contributed by atoms with Gasteiger partial charge in [0.25, 0.3) is 0 Å². The van der Waals surface area contributed by atoms with Crippen molar-refractivity contribution in [1.82, 2.24) is 4.98 Å². The minimum Gasteiger partial charge on any atom is -0.497 e. The van der Waals surface area contributed by atoms with Crippen molar-refractivity contribution in [2.75, 3.05) is 13.7 Å². The van der Waals surface area contributed by atoms with E-state index in [1.165, 1.54) is 5.56 Å². The van der Waals surface area contributed by atoms with Gasteiger partial charge in [0, 0.05) is 11.1 Å². The van der Waals surface area contributed by atoms with Crippen LogP contribution in [0.15, 0.2) is 71.1 Å². The Bertz CT molecular complexity index is 1320. The van der Waals surface area contributed by atoms with Crippen LogP contribution in [0, 0.1) is 6.92 Å². The van der Waals surface area contributed by atoms with Crippen LogP contribution in [0.2, 0.25) is 0 Å². The monoisotopic (exact) mass is 487 g/mol. The first-order valence-electron chi connectivity index (χ1n) is 11.7. The largest absolute Gasteiger partial charge is 0.497 e. The Labute approximate surface area is 210 Å². The molecule has 4 rings (SSSR count). The number of hydrogen-bond acceptors (Lipinski definition) is 6. The zero-order valence-corrected chi connectivity index (χ0v) is 20.8. The Morgan fingerprint density at radius 3 is 2.22 bits per heavy atom. The van der Waals surface area contributed by atoms with Crippen LogP contribution in [-0.4, -0.2) is 29.8 Å². The summed E-state index contributed by atoms with van der Waals surface area (Å²) in [5, 5.41) is 8.81. The fourth-order valence-electron chi connectivity index (χ4n) is 3.74. The van der Waals surface area contributed by atoms with Crippen LogP contribution in [0.4, 0.5) is 0 Å². The van der Waals surface area contributed by atoms with E-state index in [9.17, 15) is 4.79 Å². The molecule has 0 unspecified atom stereocenters. The summed E-state index contributed by atoms with van der Waals surface area (Å²) in [7, 11) is 1.63. The van der Waals surface area contributed by atoms with Crippen LogP contribution in [0.3, 0.4) is 0 Å². The van der Waals surface area contributed by atoms with Gasteiger partial charge in [-0.15, -0.1) is 0 Å².